The summed E-state index contributed by atoms with van der Waals surface area (Å²) in [5.74, 6) is -1.79. The zero-order chi connectivity index (χ0) is 18.4. The highest BCUT2D eigenvalue weighted by atomic mass is 32.2. The Bertz CT molecular complexity index is 862. The van der Waals surface area contributed by atoms with E-state index in [0.29, 0.717) is 11.3 Å². The molecule has 5 nitrogen and oxygen atoms in total. The fourth-order valence-corrected chi connectivity index (χ4v) is 2.49. The Morgan fingerprint density at radius 1 is 1.20 bits per heavy atom. The lowest BCUT2D eigenvalue weighted by molar-refractivity contribution is -0.119. The third-order valence-corrected chi connectivity index (χ3v) is 3.96. The summed E-state index contributed by atoms with van der Waals surface area (Å²) in [5, 5.41) is 13.2. The summed E-state index contributed by atoms with van der Waals surface area (Å²) in [6, 6.07) is 9.13. The van der Waals surface area contributed by atoms with Crippen molar-refractivity contribution >= 4 is 29.3 Å². The van der Waals surface area contributed by atoms with Gasteiger partial charge in [-0.1, -0.05) is 6.07 Å². The van der Waals surface area contributed by atoms with E-state index >= 15 is 0 Å². The third kappa shape index (κ3) is 5.06. The Morgan fingerprint density at radius 3 is 2.60 bits per heavy atom. The monoisotopic (exact) mass is 358 g/mol. The van der Waals surface area contributed by atoms with Crippen molar-refractivity contribution in [1.82, 2.24) is 0 Å². The number of amides is 1. The van der Waals surface area contributed by atoms with E-state index < -0.39 is 24.3 Å². The van der Waals surface area contributed by atoms with E-state index in [1.165, 1.54) is 12.1 Å². The second-order valence-electron chi connectivity index (χ2n) is 5.26. The largest absolute Gasteiger partial charge is 0.452 e. The van der Waals surface area contributed by atoms with Crippen molar-refractivity contribution < 1.29 is 18.7 Å². The molecule has 2 aromatic carbocycles. The smallest absolute Gasteiger partial charge is 0.338 e. The lowest BCUT2D eigenvalue weighted by Crippen LogP contribution is -2.21. The Balaban J connectivity index is 1.93. The van der Waals surface area contributed by atoms with Crippen LogP contribution in [0, 0.1) is 30.3 Å². The molecule has 128 valence electrons. The normalized spacial score (nSPS) is 10.0. The number of rotatable bonds is 5. The van der Waals surface area contributed by atoms with E-state index in [1.54, 1.807) is 32.0 Å². The summed E-state index contributed by atoms with van der Waals surface area (Å²) in [6.07, 6.45) is 0. The lowest BCUT2D eigenvalue weighted by Gasteiger charge is -2.10. The molecule has 0 unspecified atom stereocenters. The van der Waals surface area contributed by atoms with Crippen LogP contribution in [-0.4, -0.2) is 18.5 Å². The molecule has 0 atom stereocenters. The molecular formula is C18H15FN2O3S. The first kappa shape index (κ1) is 18.5. The molecule has 0 radical (unpaired) electrons. The fourth-order valence-electron chi connectivity index (χ4n) is 2.01. The Hall–Kier alpha value is -2.85. The summed E-state index contributed by atoms with van der Waals surface area (Å²) in [4.78, 5) is 24.5. The van der Waals surface area contributed by atoms with Gasteiger partial charge in [0, 0.05) is 10.6 Å². The van der Waals surface area contributed by atoms with Crippen molar-refractivity contribution in [2.75, 3.05) is 11.9 Å². The average Bonchev–Trinajstić information content (AvgIpc) is 2.58. The summed E-state index contributed by atoms with van der Waals surface area (Å²) in [7, 11) is 0. The first-order valence-electron chi connectivity index (χ1n) is 7.30. The molecule has 0 saturated carbocycles. The van der Waals surface area contributed by atoms with Gasteiger partial charge in [-0.15, -0.1) is 0 Å². The van der Waals surface area contributed by atoms with Crippen molar-refractivity contribution in [3.8, 4) is 5.40 Å². The fraction of sp³-hybridized carbons (Fsp3) is 0.167. The molecule has 0 bridgehead atoms. The highest BCUT2D eigenvalue weighted by Crippen LogP contribution is 2.23. The van der Waals surface area contributed by atoms with Crippen LogP contribution >= 0.6 is 11.8 Å². The number of thiocyanates is 1. The quantitative estimate of drug-likeness (QED) is 0.499. The standard InChI is InChI=1S/C18H15FN2O3S/c1-11-3-4-13(8-15(11)19)18(23)24-9-17(22)21-16-6-5-14(25-10-20)7-12(16)2/h3-8H,9H2,1-2H3,(H,21,22). The number of esters is 1. The number of nitrogens with zero attached hydrogens (tertiary/aromatic N) is 1. The van der Waals surface area contributed by atoms with E-state index in [-0.39, 0.29) is 5.56 Å². The highest BCUT2D eigenvalue weighted by Gasteiger charge is 2.13. The summed E-state index contributed by atoms with van der Waals surface area (Å²) in [6.45, 7) is 2.89. The number of hydrogen-bond donors (Lipinski definition) is 1. The van der Waals surface area contributed by atoms with Gasteiger partial charge in [-0.25, -0.2) is 9.18 Å². The van der Waals surface area contributed by atoms with E-state index in [0.717, 1.165) is 28.3 Å². The van der Waals surface area contributed by atoms with Gasteiger partial charge < -0.3 is 10.1 Å². The first-order chi connectivity index (χ1) is 11.9. The molecule has 2 aromatic rings. The second kappa shape index (κ2) is 8.31. The molecule has 2 rings (SSSR count). The molecule has 0 aliphatic rings. The van der Waals surface area contributed by atoms with Gasteiger partial charge in [0.1, 0.15) is 11.2 Å². The number of ether oxygens (including phenoxy) is 1. The number of benzene rings is 2. The molecule has 0 spiro atoms. The molecule has 25 heavy (non-hydrogen) atoms. The molecule has 0 saturated heterocycles. The summed E-state index contributed by atoms with van der Waals surface area (Å²) >= 11 is 1.02. The van der Waals surface area contributed by atoms with Gasteiger partial charge in [-0.05, 0) is 67.1 Å². The van der Waals surface area contributed by atoms with E-state index in [1.807, 2.05) is 5.40 Å². The molecular weight excluding hydrogens is 343 g/mol. The van der Waals surface area contributed by atoms with Gasteiger partial charge in [-0.2, -0.15) is 5.26 Å². The second-order valence-corrected chi connectivity index (χ2v) is 6.12. The predicted molar refractivity (Wildman–Crippen MR) is 92.7 cm³/mol. The SMILES string of the molecule is Cc1ccc(C(=O)OCC(=O)Nc2ccc(SC#N)cc2C)cc1F. The van der Waals surface area contributed by atoms with Crippen molar-refractivity contribution in [2.45, 2.75) is 18.7 Å². The van der Waals surface area contributed by atoms with Crippen LogP contribution in [0.2, 0.25) is 0 Å². The number of thioether (sulfide) groups is 1. The minimum atomic E-state index is -0.772. The number of carbonyl (C=O) groups is 2. The summed E-state index contributed by atoms with van der Waals surface area (Å²) < 4.78 is 18.3. The lowest BCUT2D eigenvalue weighted by atomic mass is 10.1. The van der Waals surface area contributed by atoms with Crippen LogP contribution in [0.3, 0.4) is 0 Å². The maximum atomic E-state index is 13.4. The Labute approximate surface area is 148 Å². The maximum absolute atomic E-state index is 13.4. The minimum absolute atomic E-state index is 0.0463. The van der Waals surface area contributed by atoms with Gasteiger partial charge in [0.15, 0.2) is 6.61 Å². The molecule has 0 fully saturated rings. The average molecular weight is 358 g/mol. The molecule has 0 aliphatic heterocycles. The molecule has 7 heteroatoms. The third-order valence-electron chi connectivity index (χ3n) is 3.38. The van der Waals surface area contributed by atoms with Crippen LogP contribution in [0.5, 0.6) is 0 Å². The molecule has 0 aliphatic carbocycles. The van der Waals surface area contributed by atoms with Crippen LogP contribution in [0.4, 0.5) is 10.1 Å². The van der Waals surface area contributed by atoms with Crippen molar-refractivity contribution in [2.24, 2.45) is 0 Å². The predicted octanol–water partition coefficient (Wildman–Crippen LogP) is 3.81. The zero-order valence-electron chi connectivity index (χ0n) is 13.6. The van der Waals surface area contributed by atoms with Gasteiger partial charge in [0.2, 0.25) is 0 Å². The number of anilines is 1. The van der Waals surface area contributed by atoms with Crippen LogP contribution in [-0.2, 0) is 9.53 Å². The number of hydrogen-bond acceptors (Lipinski definition) is 5. The van der Waals surface area contributed by atoms with Gasteiger partial charge in [-0.3, -0.25) is 4.79 Å². The van der Waals surface area contributed by atoms with Crippen molar-refractivity contribution in [1.29, 1.82) is 5.26 Å². The van der Waals surface area contributed by atoms with Crippen LogP contribution in [0.15, 0.2) is 41.3 Å². The Kier molecular flexibility index (Phi) is 6.14. The van der Waals surface area contributed by atoms with Crippen molar-refractivity contribution in [3.63, 3.8) is 0 Å². The number of aryl methyl sites for hydroxylation is 2. The number of carbonyl (C=O) groups excluding carboxylic acids is 2. The van der Waals surface area contributed by atoms with Gasteiger partial charge in [0.25, 0.3) is 5.91 Å². The van der Waals surface area contributed by atoms with E-state index in [9.17, 15) is 14.0 Å². The number of nitrogens with one attached hydrogen (secondary N) is 1. The maximum Gasteiger partial charge on any atom is 0.338 e. The molecule has 0 heterocycles. The van der Waals surface area contributed by atoms with Gasteiger partial charge >= 0.3 is 5.97 Å². The van der Waals surface area contributed by atoms with Crippen molar-refractivity contribution in [3.05, 3.63) is 58.9 Å². The minimum Gasteiger partial charge on any atom is -0.452 e. The first-order valence-corrected chi connectivity index (χ1v) is 8.12. The van der Waals surface area contributed by atoms with E-state index in [4.69, 9.17) is 10.00 Å². The van der Waals surface area contributed by atoms with E-state index in [2.05, 4.69) is 5.32 Å². The molecule has 1 amide bonds. The molecule has 1 N–H and O–H groups in total. The van der Waals surface area contributed by atoms with Crippen LogP contribution in [0.1, 0.15) is 21.5 Å². The zero-order valence-corrected chi connectivity index (χ0v) is 14.4. The van der Waals surface area contributed by atoms with Crippen LogP contribution in [0.25, 0.3) is 0 Å². The number of halogens is 1. The Morgan fingerprint density at radius 2 is 1.96 bits per heavy atom. The topological polar surface area (TPSA) is 79.2 Å². The highest BCUT2D eigenvalue weighted by molar-refractivity contribution is 8.03. The van der Waals surface area contributed by atoms with Gasteiger partial charge in [0.05, 0.1) is 5.56 Å². The summed E-state index contributed by atoms with van der Waals surface area (Å²) in [5.41, 5.74) is 1.80. The molecule has 0 aromatic heterocycles. The van der Waals surface area contributed by atoms with Crippen LogP contribution < -0.4 is 5.32 Å². The number of nitriles is 1.